The number of hydrogen-bond acceptors (Lipinski definition) is 4. The number of primary amides is 1. The number of carbonyl (C=O) groups excluding carboxylic acids is 2. The van der Waals surface area contributed by atoms with Gasteiger partial charge in [-0.25, -0.2) is 0 Å². The van der Waals surface area contributed by atoms with Crippen molar-refractivity contribution in [3.05, 3.63) is 24.3 Å². The van der Waals surface area contributed by atoms with Crippen molar-refractivity contribution < 1.29 is 14.3 Å². The quantitative estimate of drug-likeness (QED) is 0.736. The van der Waals surface area contributed by atoms with Crippen LogP contribution < -0.4 is 21.1 Å². The summed E-state index contributed by atoms with van der Waals surface area (Å²) in [7, 11) is 0. The minimum absolute atomic E-state index is 0.0447. The van der Waals surface area contributed by atoms with Gasteiger partial charge in [-0.3, -0.25) is 9.59 Å². The number of anilines is 1. The lowest BCUT2D eigenvalue weighted by Crippen LogP contribution is -2.43. The number of hydrogen-bond donors (Lipinski definition) is 3. The van der Waals surface area contributed by atoms with E-state index in [0.29, 0.717) is 11.4 Å². The van der Waals surface area contributed by atoms with Gasteiger partial charge in [0.05, 0.1) is 6.04 Å². The second-order valence-corrected chi connectivity index (χ2v) is 4.77. The van der Waals surface area contributed by atoms with Gasteiger partial charge in [0.15, 0.2) is 6.61 Å². The summed E-state index contributed by atoms with van der Waals surface area (Å²) in [5, 5.41) is 6.03. The third-order valence-corrected chi connectivity index (χ3v) is 3.11. The van der Waals surface area contributed by atoms with Crippen LogP contribution in [0.5, 0.6) is 5.75 Å². The Hall–Kier alpha value is -2.08. The largest absolute Gasteiger partial charge is 0.484 e. The van der Waals surface area contributed by atoms with E-state index in [0.717, 1.165) is 25.8 Å². The van der Waals surface area contributed by atoms with Crippen molar-refractivity contribution in [2.75, 3.05) is 18.5 Å². The van der Waals surface area contributed by atoms with E-state index in [1.54, 1.807) is 24.3 Å². The van der Waals surface area contributed by atoms with E-state index >= 15 is 0 Å². The minimum Gasteiger partial charge on any atom is -0.484 e. The van der Waals surface area contributed by atoms with Crippen molar-refractivity contribution in [2.24, 2.45) is 5.73 Å². The molecule has 0 bridgehead atoms. The number of carbonyl (C=O) groups is 2. The standard InChI is InChI=1S/C14H19N3O3/c15-13(18)9-20-11-5-3-4-10(8-11)17-14(19)12-6-1-2-7-16-12/h3-5,8,12,16H,1-2,6-7,9H2,(H2,15,18)(H,17,19)/t12-/m0/s1. The summed E-state index contributed by atoms with van der Waals surface area (Å²) in [5.41, 5.74) is 5.66. The molecule has 1 fully saturated rings. The average molecular weight is 277 g/mol. The second-order valence-electron chi connectivity index (χ2n) is 4.77. The van der Waals surface area contributed by atoms with Gasteiger partial charge in [-0.1, -0.05) is 12.5 Å². The topological polar surface area (TPSA) is 93.5 Å². The first-order valence-corrected chi connectivity index (χ1v) is 6.70. The molecule has 6 nitrogen and oxygen atoms in total. The van der Waals surface area contributed by atoms with Gasteiger partial charge in [0, 0.05) is 11.8 Å². The summed E-state index contributed by atoms with van der Waals surface area (Å²) in [6.07, 6.45) is 3.02. The molecule has 0 saturated carbocycles. The van der Waals surface area contributed by atoms with Gasteiger partial charge in [-0.15, -0.1) is 0 Å². The van der Waals surface area contributed by atoms with Crippen LogP contribution in [0.2, 0.25) is 0 Å². The highest BCUT2D eigenvalue weighted by Gasteiger charge is 2.20. The zero-order chi connectivity index (χ0) is 14.4. The lowest BCUT2D eigenvalue weighted by molar-refractivity contribution is -0.120. The maximum Gasteiger partial charge on any atom is 0.255 e. The van der Waals surface area contributed by atoms with Gasteiger partial charge in [-0.05, 0) is 31.5 Å². The lowest BCUT2D eigenvalue weighted by atomic mass is 10.0. The van der Waals surface area contributed by atoms with Crippen LogP contribution in [0.25, 0.3) is 0 Å². The average Bonchev–Trinajstić information content (AvgIpc) is 2.46. The first-order valence-electron chi connectivity index (χ1n) is 6.70. The summed E-state index contributed by atoms with van der Waals surface area (Å²) in [6, 6.07) is 6.76. The third kappa shape index (κ3) is 4.24. The number of piperidine rings is 1. The van der Waals surface area contributed by atoms with Crippen LogP contribution in [-0.2, 0) is 9.59 Å². The Balaban J connectivity index is 1.93. The van der Waals surface area contributed by atoms with E-state index in [9.17, 15) is 9.59 Å². The number of rotatable bonds is 5. The smallest absolute Gasteiger partial charge is 0.255 e. The summed E-state index contributed by atoms with van der Waals surface area (Å²) in [6.45, 7) is 0.696. The predicted molar refractivity (Wildman–Crippen MR) is 75.4 cm³/mol. The molecule has 1 atom stereocenters. The van der Waals surface area contributed by atoms with E-state index < -0.39 is 5.91 Å². The van der Waals surface area contributed by atoms with Crippen molar-refractivity contribution in [2.45, 2.75) is 25.3 Å². The zero-order valence-electron chi connectivity index (χ0n) is 11.2. The molecule has 1 aromatic carbocycles. The van der Waals surface area contributed by atoms with Crippen LogP contribution in [0.15, 0.2) is 24.3 Å². The highest BCUT2D eigenvalue weighted by molar-refractivity contribution is 5.95. The number of ether oxygens (including phenoxy) is 1. The molecule has 1 heterocycles. The molecule has 0 radical (unpaired) electrons. The number of amides is 2. The van der Waals surface area contributed by atoms with Crippen LogP contribution in [0.1, 0.15) is 19.3 Å². The minimum atomic E-state index is -0.536. The Morgan fingerprint density at radius 1 is 1.40 bits per heavy atom. The van der Waals surface area contributed by atoms with Crippen molar-refractivity contribution in [1.82, 2.24) is 5.32 Å². The normalized spacial score (nSPS) is 18.3. The second kappa shape index (κ2) is 6.91. The molecule has 20 heavy (non-hydrogen) atoms. The molecule has 108 valence electrons. The first kappa shape index (κ1) is 14.3. The zero-order valence-corrected chi connectivity index (χ0v) is 11.2. The van der Waals surface area contributed by atoms with Gasteiger partial charge < -0.3 is 21.1 Å². The maximum atomic E-state index is 12.1. The molecule has 1 aliphatic heterocycles. The molecule has 1 saturated heterocycles. The monoisotopic (exact) mass is 277 g/mol. The van der Waals surface area contributed by atoms with Crippen molar-refractivity contribution in [3.63, 3.8) is 0 Å². The molecule has 4 N–H and O–H groups in total. The molecule has 0 aromatic heterocycles. The number of nitrogens with one attached hydrogen (secondary N) is 2. The number of benzene rings is 1. The number of nitrogens with two attached hydrogens (primary N) is 1. The van der Waals surface area contributed by atoms with Gasteiger partial charge in [0.2, 0.25) is 5.91 Å². The Kier molecular flexibility index (Phi) is 4.95. The van der Waals surface area contributed by atoms with Crippen LogP contribution in [-0.4, -0.2) is 31.0 Å². The highest BCUT2D eigenvalue weighted by atomic mass is 16.5. The molecule has 0 spiro atoms. The summed E-state index contributed by atoms with van der Waals surface area (Å²) in [5.74, 6) is -0.0826. The first-order chi connectivity index (χ1) is 9.65. The van der Waals surface area contributed by atoms with Crippen LogP contribution in [0, 0.1) is 0 Å². The van der Waals surface area contributed by atoms with Gasteiger partial charge in [-0.2, -0.15) is 0 Å². The Morgan fingerprint density at radius 2 is 2.25 bits per heavy atom. The molecular weight excluding hydrogens is 258 g/mol. The fourth-order valence-electron chi connectivity index (χ4n) is 2.12. The van der Waals surface area contributed by atoms with E-state index in [1.165, 1.54) is 0 Å². The lowest BCUT2D eigenvalue weighted by Gasteiger charge is -2.22. The third-order valence-electron chi connectivity index (χ3n) is 3.11. The molecule has 1 aromatic rings. The van der Waals surface area contributed by atoms with Crippen molar-refractivity contribution in [1.29, 1.82) is 0 Å². The molecular formula is C14H19N3O3. The molecule has 2 amide bonds. The molecule has 2 rings (SSSR count). The van der Waals surface area contributed by atoms with E-state index in [2.05, 4.69) is 10.6 Å². The molecule has 1 aliphatic rings. The maximum absolute atomic E-state index is 12.1. The summed E-state index contributed by atoms with van der Waals surface area (Å²) < 4.78 is 5.19. The van der Waals surface area contributed by atoms with E-state index in [4.69, 9.17) is 10.5 Å². The van der Waals surface area contributed by atoms with Crippen LogP contribution in [0.3, 0.4) is 0 Å². The van der Waals surface area contributed by atoms with Crippen LogP contribution in [0.4, 0.5) is 5.69 Å². The molecule has 0 aliphatic carbocycles. The Morgan fingerprint density at radius 3 is 2.95 bits per heavy atom. The van der Waals surface area contributed by atoms with Gasteiger partial charge in [0.1, 0.15) is 5.75 Å². The highest BCUT2D eigenvalue weighted by Crippen LogP contribution is 2.18. The molecule has 6 heteroatoms. The van der Waals surface area contributed by atoms with Gasteiger partial charge >= 0.3 is 0 Å². The fourth-order valence-corrected chi connectivity index (χ4v) is 2.12. The molecule has 0 unspecified atom stereocenters. The Labute approximate surface area is 117 Å². The van der Waals surface area contributed by atoms with Gasteiger partial charge in [0.25, 0.3) is 5.91 Å². The predicted octanol–water partition coefficient (Wildman–Crippen LogP) is 0.631. The fraction of sp³-hybridized carbons (Fsp3) is 0.429. The van der Waals surface area contributed by atoms with E-state index in [-0.39, 0.29) is 18.6 Å². The summed E-state index contributed by atoms with van der Waals surface area (Å²) >= 11 is 0. The summed E-state index contributed by atoms with van der Waals surface area (Å²) in [4.78, 5) is 22.7. The Bertz CT molecular complexity index is 484. The van der Waals surface area contributed by atoms with Crippen molar-refractivity contribution in [3.8, 4) is 5.75 Å². The SMILES string of the molecule is NC(=O)COc1cccc(NC(=O)[C@@H]2CCCCN2)c1. The van der Waals surface area contributed by atoms with Crippen molar-refractivity contribution >= 4 is 17.5 Å². The van der Waals surface area contributed by atoms with E-state index in [1.807, 2.05) is 0 Å². The van der Waals surface area contributed by atoms with Crippen LogP contribution >= 0.6 is 0 Å².